The summed E-state index contributed by atoms with van der Waals surface area (Å²) in [5.74, 6) is -0.262. The first-order valence-corrected chi connectivity index (χ1v) is 6.94. The monoisotopic (exact) mass is 302 g/mol. The highest BCUT2D eigenvalue weighted by Crippen LogP contribution is 2.10. The van der Waals surface area contributed by atoms with Gasteiger partial charge in [0.2, 0.25) is 0 Å². The molecule has 0 spiro atoms. The van der Waals surface area contributed by atoms with Gasteiger partial charge >= 0.3 is 7.83 Å². The summed E-state index contributed by atoms with van der Waals surface area (Å²) in [5, 5.41) is 0. The van der Waals surface area contributed by atoms with Crippen LogP contribution in [0.5, 0.6) is 0 Å². The van der Waals surface area contributed by atoms with Crippen molar-refractivity contribution in [1.29, 1.82) is 0 Å². The summed E-state index contributed by atoms with van der Waals surface area (Å²) in [7, 11) is -1.75. The minimum absolute atomic E-state index is 0.0739. The van der Waals surface area contributed by atoms with Crippen LogP contribution in [-0.2, 0) is 6.42 Å². The third-order valence-corrected chi connectivity index (χ3v) is 3.10. The van der Waals surface area contributed by atoms with Gasteiger partial charge in [-0.3, -0.25) is 18.2 Å². The van der Waals surface area contributed by atoms with Crippen LogP contribution in [0.3, 0.4) is 0 Å². The molecule has 0 aliphatic rings. The van der Waals surface area contributed by atoms with Gasteiger partial charge in [0.1, 0.15) is 0 Å². The van der Waals surface area contributed by atoms with Crippen molar-refractivity contribution in [3.63, 3.8) is 0 Å². The SMILES string of the molecule is CCc1ccc(C(=O)CC(=O)c2ccccc2)cc1.FBF. The standard InChI is InChI=1S/C17H16O2.BF2H/c1-2-13-8-10-15(11-9-13)17(19)12-16(18)14-6-4-3-5-7-14;2-1-3/h3-11H,2,12H2,1H3;1H. The lowest BCUT2D eigenvalue weighted by Crippen LogP contribution is -2.08. The fraction of sp³-hybridized carbons (Fsp3) is 0.176. The molecule has 2 nitrogen and oxygen atoms in total. The van der Waals surface area contributed by atoms with Crippen LogP contribution < -0.4 is 0 Å². The molecule has 0 aromatic heterocycles. The molecule has 114 valence electrons. The van der Waals surface area contributed by atoms with E-state index < -0.39 is 7.83 Å². The fourth-order valence-corrected chi connectivity index (χ4v) is 1.90. The van der Waals surface area contributed by atoms with Crippen molar-refractivity contribution in [1.82, 2.24) is 0 Å². The molecule has 0 bridgehead atoms. The Balaban J connectivity index is 0.000000745. The van der Waals surface area contributed by atoms with Gasteiger partial charge in [0, 0.05) is 11.1 Å². The Morgan fingerprint density at radius 3 is 1.77 bits per heavy atom. The zero-order chi connectivity index (χ0) is 16.4. The number of hydrogen-bond donors (Lipinski definition) is 0. The predicted molar refractivity (Wildman–Crippen MR) is 84.9 cm³/mol. The summed E-state index contributed by atoms with van der Waals surface area (Å²) in [6, 6.07) is 16.4. The smallest absolute Gasteiger partial charge is 0.294 e. The van der Waals surface area contributed by atoms with Crippen LogP contribution in [0.15, 0.2) is 54.6 Å². The van der Waals surface area contributed by atoms with Gasteiger partial charge in [0.15, 0.2) is 11.6 Å². The maximum Gasteiger partial charge on any atom is 0.521 e. The maximum atomic E-state index is 12.0. The summed E-state index contributed by atoms with van der Waals surface area (Å²) in [4.78, 5) is 23.9. The first kappa shape index (κ1) is 17.8. The van der Waals surface area contributed by atoms with Crippen LogP contribution in [0.1, 0.15) is 39.6 Å². The summed E-state index contributed by atoms with van der Waals surface area (Å²) < 4.78 is 19.2. The average Bonchev–Trinajstić information content (AvgIpc) is 2.56. The largest absolute Gasteiger partial charge is 0.521 e. The Morgan fingerprint density at radius 2 is 1.32 bits per heavy atom. The number of Topliss-reactive ketones (excluding diaryl/α,β-unsaturated/α-hetero) is 2. The zero-order valence-electron chi connectivity index (χ0n) is 12.4. The molecule has 2 aromatic rings. The van der Waals surface area contributed by atoms with Crippen LogP contribution in [0.25, 0.3) is 0 Å². The van der Waals surface area contributed by atoms with Gasteiger partial charge < -0.3 is 0 Å². The second-order valence-corrected chi connectivity index (χ2v) is 4.54. The molecular formula is C17H17BF2O2. The van der Waals surface area contributed by atoms with Crippen molar-refractivity contribution in [2.75, 3.05) is 0 Å². The van der Waals surface area contributed by atoms with Crippen molar-refractivity contribution in [2.24, 2.45) is 0 Å². The summed E-state index contributed by atoms with van der Waals surface area (Å²) in [6.07, 6.45) is 0.868. The van der Waals surface area contributed by atoms with E-state index in [2.05, 4.69) is 6.92 Å². The molecule has 22 heavy (non-hydrogen) atoms. The molecule has 2 rings (SSSR count). The highest BCUT2D eigenvalue weighted by Gasteiger charge is 2.13. The zero-order valence-corrected chi connectivity index (χ0v) is 12.4. The Kier molecular flexibility index (Phi) is 7.75. The highest BCUT2D eigenvalue weighted by molar-refractivity contribution is 6.15. The van der Waals surface area contributed by atoms with E-state index in [-0.39, 0.29) is 18.0 Å². The van der Waals surface area contributed by atoms with Crippen molar-refractivity contribution in [3.8, 4) is 0 Å². The molecule has 0 fully saturated rings. The van der Waals surface area contributed by atoms with E-state index in [1.165, 1.54) is 5.56 Å². The summed E-state index contributed by atoms with van der Waals surface area (Å²) in [6.45, 7) is 2.07. The average molecular weight is 302 g/mol. The molecule has 0 radical (unpaired) electrons. The molecule has 0 saturated heterocycles. The van der Waals surface area contributed by atoms with Gasteiger partial charge in [-0.05, 0) is 12.0 Å². The Hall–Kier alpha value is -2.30. The number of ketones is 2. The maximum absolute atomic E-state index is 12.0. The lowest BCUT2D eigenvalue weighted by atomic mass is 10.0. The van der Waals surface area contributed by atoms with Crippen LogP contribution in [0.4, 0.5) is 8.63 Å². The van der Waals surface area contributed by atoms with E-state index in [9.17, 15) is 18.2 Å². The number of hydrogen-bond acceptors (Lipinski definition) is 2. The fourth-order valence-electron chi connectivity index (χ4n) is 1.90. The van der Waals surface area contributed by atoms with Crippen LogP contribution >= 0.6 is 0 Å². The van der Waals surface area contributed by atoms with Crippen molar-refractivity contribution >= 4 is 19.4 Å². The Labute approximate surface area is 129 Å². The molecule has 0 aliphatic carbocycles. The first-order valence-electron chi connectivity index (χ1n) is 6.94. The third-order valence-electron chi connectivity index (χ3n) is 3.10. The van der Waals surface area contributed by atoms with Crippen LogP contribution in [0, 0.1) is 0 Å². The molecule has 0 N–H and O–H groups in total. The van der Waals surface area contributed by atoms with E-state index in [4.69, 9.17) is 0 Å². The number of halogens is 2. The van der Waals surface area contributed by atoms with E-state index in [1.807, 2.05) is 18.2 Å². The number of rotatable bonds is 5. The summed E-state index contributed by atoms with van der Waals surface area (Å²) >= 11 is 0. The molecular weight excluding hydrogens is 285 g/mol. The lowest BCUT2D eigenvalue weighted by Gasteiger charge is -2.02. The first-order chi connectivity index (χ1) is 10.6. The van der Waals surface area contributed by atoms with Gasteiger partial charge in [-0.25, -0.2) is 0 Å². The van der Waals surface area contributed by atoms with E-state index >= 15 is 0 Å². The molecule has 0 atom stereocenters. The van der Waals surface area contributed by atoms with Crippen molar-refractivity contribution < 1.29 is 18.2 Å². The normalized spacial score (nSPS) is 9.41. The van der Waals surface area contributed by atoms with E-state index in [0.29, 0.717) is 11.1 Å². The van der Waals surface area contributed by atoms with Gasteiger partial charge in [-0.1, -0.05) is 61.5 Å². The number of carbonyl (C=O) groups excluding carboxylic acids is 2. The second kappa shape index (κ2) is 9.61. The molecule has 0 amide bonds. The minimum atomic E-state index is -1.75. The summed E-state index contributed by atoms with van der Waals surface area (Å²) in [5.41, 5.74) is 2.37. The second-order valence-electron chi connectivity index (χ2n) is 4.54. The molecule has 0 saturated carbocycles. The lowest BCUT2D eigenvalue weighted by molar-refractivity contribution is 0.0894. The third kappa shape index (κ3) is 5.60. The quantitative estimate of drug-likeness (QED) is 0.477. The Morgan fingerprint density at radius 1 is 0.864 bits per heavy atom. The predicted octanol–water partition coefficient (Wildman–Crippen LogP) is 3.90. The van der Waals surface area contributed by atoms with Gasteiger partial charge in [0.25, 0.3) is 0 Å². The topological polar surface area (TPSA) is 34.1 Å². The number of aryl methyl sites for hydroxylation is 1. The van der Waals surface area contributed by atoms with Crippen LogP contribution in [0.2, 0.25) is 0 Å². The van der Waals surface area contributed by atoms with Gasteiger partial charge in [-0.2, -0.15) is 0 Å². The van der Waals surface area contributed by atoms with E-state index in [1.54, 1.807) is 36.4 Å². The molecule has 0 aliphatic heterocycles. The Bertz CT molecular complexity index is 598. The van der Waals surface area contributed by atoms with Crippen LogP contribution in [-0.4, -0.2) is 19.4 Å². The molecule has 5 heteroatoms. The molecule has 2 aromatic carbocycles. The molecule has 0 heterocycles. The van der Waals surface area contributed by atoms with Gasteiger partial charge in [-0.15, -0.1) is 0 Å². The minimum Gasteiger partial charge on any atom is -0.294 e. The molecule has 0 unspecified atom stereocenters. The van der Waals surface area contributed by atoms with Gasteiger partial charge in [0.05, 0.1) is 6.42 Å². The van der Waals surface area contributed by atoms with Crippen molar-refractivity contribution in [3.05, 3.63) is 71.3 Å². The number of carbonyl (C=O) groups is 2. The van der Waals surface area contributed by atoms with Crippen molar-refractivity contribution in [2.45, 2.75) is 19.8 Å². The van der Waals surface area contributed by atoms with E-state index in [0.717, 1.165) is 6.42 Å². The highest BCUT2D eigenvalue weighted by atomic mass is 19.2. The number of benzene rings is 2.